The lowest BCUT2D eigenvalue weighted by molar-refractivity contribution is 0.0596. The zero-order valence-electron chi connectivity index (χ0n) is 17.3. The van der Waals surface area contributed by atoms with Crippen LogP contribution < -0.4 is 19.5 Å². The standard InChI is InChI=1S/C22H27NO6.ClH/c1-14(4-5-15-6-8-20-21(10-15)29-13-28-20)23-12-18(24)16-7-9-19(26-2)17(11-16)22(25)27-3;/h6-11,14,18,23-24H,4-5,12-13H2,1-3H3;1H. The van der Waals surface area contributed by atoms with Gasteiger partial charge in [-0.05, 0) is 55.2 Å². The average molecular weight is 438 g/mol. The molecule has 0 fully saturated rings. The van der Waals surface area contributed by atoms with Gasteiger partial charge in [0.05, 0.1) is 20.3 Å². The number of ether oxygens (including phenoxy) is 4. The highest BCUT2D eigenvalue weighted by molar-refractivity contribution is 5.92. The summed E-state index contributed by atoms with van der Waals surface area (Å²) in [6, 6.07) is 11.2. The molecule has 7 nitrogen and oxygen atoms in total. The second-order valence-electron chi connectivity index (χ2n) is 7.00. The van der Waals surface area contributed by atoms with Gasteiger partial charge in [-0.2, -0.15) is 0 Å². The Morgan fingerprint density at radius 1 is 1.17 bits per heavy atom. The van der Waals surface area contributed by atoms with Crippen LogP contribution in [0.3, 0.4) is 0 Å². The molecule has 3 rings (SSSR count). The van der Waals surface area contributed by atoms with E-state index >= 15 is 0 Å². The number of hydrogen-bond donors (Lipinski definition) is 2. The molecule has 1 heterocycles. The third kappa shape index (κ3) is 5.78. The first-order valence-electron chi connectivity index (χ1n) is 9.58. The molecular weight excluding hydrogens is 410 g/mol. The number of hydrogen-bond acceptors (Lipinski definition) is 7. The van der Waals surface area contributed by atoms with Crippen LogP contribution in [0.4, 0.5) is 0 Å². The summed E-state index contributed by atoms with van der Waals surface area (Å²) in [5, 5.41) is 13.9. The largest absolute Gasteiger partial charge is 0.496 e. The maximum absolute atomic E-state index is 11.9. The lowest BCUT2D eigenvalue weighted by atomic mass is 10.0. The van der Waals surface area contributed by atoms with E-state index in [1.165, 1.54) is 19.8 Å². The summed E-state index contributed by atoms with van der Waals surface area (Å²) in [5.41, 5.74) is 2.10. The van der Waals surface area contributed by atoms with E-state index < -0.39 is 12.1 Å². The number of aliphatic hydroxyl groups is 1. The maximum atomic E-state index is 11.9. The molecule has 1 aliphatic heterocycles. The first kappa shape index (κ1) is 23.8. The number of methoxy groups -OCH3 is 2. The molecule has 164 valence electrons. The summed E-state index contributed by atoms with van der Waals surface area (Å²) in [7, 11) is 2.80. The van der Waals surface area contributed by atoms with Gasteiger partial charge in [0.15, 0.2) is 11.5 Å². The van der Waals surface area contributed by atoms with Crippen LogP contribution in [0, 0.1) is 0 Å². The number of aliphatic hydroxyl groups excluding tert-OH is 1. The van der Waals surface area contributed by atoms with E-state index in [1.807, 2.05) is 18.2 Å². The highest BCUT2D eigenvalue weighted by Gasteiger charge is 2.18. The van der Waals surface area contributed by atoms with Crippen LogP contribution in [-0.2, 0) is 11.2 Å². The number of rotatable bonds is 9. The van der Waals surface area contributed by atoms with Crippen molar-refractivity contribution in [1.29, 1.82) is 0 Å². The van der Waals surface area contributed by atoms with Crippen LogP contribution in [0.15, 0.2) is 36.4 Å². The molecule has 8 heteroatoms. The van der Waals surface area contributed by atoms with Gasteiger partial charge >= 0.3 is 5.97 Å². The van der Waals surface area contributed by atoms with Crippen molar-refractivity contribution >= 4 is 18.4 Å². The van der Waals surface area contributed by atoms with Gasteiger partial charge in [-0.3, -0.25) is 0 Å². The number of aryl methyl sites for hydroxylation is 1. The molecule has 2 N–H and O–H groups in total. The van der Waals surface area contributed by atoms with Gasteiger partial charge in [0.25, 0.3) is 0 Å². The van der Waals surface area contributed by atoms with Gasteiger partial charge in [-0.15, -0.1) is 12.4 Å². The molecule has 0 amide bonds. The molecule has 2 unspecified atom stereocenters. The minimum absolute atomic E-state index is 0. The summed E-state index contributed by atoms with van der Waals surface area (Å²) >= 11 is 0. The Labute approximate surface area is 182 Å². The number of benzene rings is 2. The van der Waals surface area contributed by atoms with E-state index in [4.69, 9.17) is 18.9 Å². The molecule has 0 bridgehead atoms. The van der Waals surface area contributed by atoms with Crippen molar-refractivity contribution in [2.24, 2.45) is 0 Å². The van der Waals surface area contributed by atoms with E-state index in [1.54, 1.807) is 18.2 Å². The normalized spacial score (nSPS) is 13.9. The summed E-state index contributed by atoms with van der Waals surface area (Å²) in [5.74, 6) is 1.49. The van der Waals surface area contributed by atoms with Gasteiger partial charge in [-0.1, -0.05) is 12.1 Å². The molecule has 2 atom stereocenters. The zero-order valence-corrected chi connectivity index (χ0v) is 18.2. The van der Waals surface area contributed by atoms with Crippen molar-refractivity contribution < 1.29 is 28.8 Å². The van der Waals surface area contributed by atoms with Crippen LogP contribution in [0.25, 0.3) is 0 Å². The highest BCUT2D eigenvalue weighted by atomic mass is 35.5. The Hall–Kier alpha value is -2.48. The quantitative estimate of drug-likeness (QED) is 0.582. The molecule has 30 heavy (non-hydrogen) atoms. The smallest absolute Gasteiger partial charge is 0.341 e. The van der Waals surface area contributed by atoms with Gasteiger partial charge < -0.3 is 29.4 Å². The number of esters is 1. The fourth-order valence-corrected chi connectivity index (χ4v) is 3.21. The van der Waals surface area contributed by atoms with Crippen molar-refractivity contribution in [1.82, 2.24) is 5.32 Å². The summed E-state index contributed by atoms with van der Waals surface area (Å²) in [4.78, 5) is 11.9. The van der Waals surface area contributed by atoms with Gasteiger partial charge in [-0.25, -0.2) is 4.79 Å². The Bertz CT molecular complexity index is 860. The van der Waals surface area contributed by atoms with Crippen LogP contribution in [0.2, 0.25) is 0 Å². The second-order valence-corrected chi connectivity index (χ2v) is 7.00. The van der Waals surface area contributed by atoms with Crippen molar-refractivity contribution in [2.45, 2.75) is 31.9 Å². The van der Waals surface area contributed by atoms with Crippen LogP contribution >= 0.6 is 12.4 Å². The molecule has 0 aromatic heterocycles. The number of nitrogens with one attached hydrogen (secondary N) is 1. The molecular formula is C22H28ClNO6. The zero-order chi connectivity index (χ0) is 20.8. The topological polar surface area (TPSA) is 86.3 Å². The van der Waals surface area contributed by atoms with Gasteiger partial charge in [0.1, 0.15) is 11.3 Å². The van der Waals surface area contributed by atoms with Gasteiger partial charge in [0.2, 0.25) is 6.79 Å². The third-order valence-electron chi connectivity index (χ3n) is 4.98. The highest BCUT2D eigenvalue weighted by Crippen LogP contribution is 2.32. The van der Waals surface area contributed by atoms with Crippen molar-refractivity contribution in [3.63, 3.8) is 0 Å². The Morgan fingerprint density at radius 2 is 1.93 bits per heavy atom. The van der Waals surface area contributed by atoms with Crippen LogP contribution in [0.5, 0.6) is 17.2 Å². The minimum Gasteiger partial charge on any atom is -0.496 e. The number of carbonyl (C=O) groups excluding carboxylic acids is 1. The van der Waals surface area contributed by atoms with Crippen LogP contribution in [0.1, 0.15) is 40.9 Å². The molecule has 0 radical (unpaired) electrons. The average Bonchev–Trinajstić information content (AvgIpc) is 3.22. The molecule has 1 aliphatic rings. The van der Waals surface area contributed by atoms with E-state index in [0.717, 1.165) is 24.3 Å². The maximum Gasteiger partial charge on any atom is 0.341 e. The molecule has 2 aromatic rings. The predicted molar refractivity (Wildman–Crippen MR) is 115 cm³/mol. The molecule has 0 aliphatic carbocycles. The Balaban J connectivity index is 0.00000320. The first-order chi connectivity index (χ1) is 14.0. The predicted octanol–water partition coefficient (Wildman–Crippen LogP) is 3.28. The minimum atomic E-state index is -0.752. The third-order valence-corrected chi connectivity index (χ3v) is 4.98. The number of halogens is 1. The summed E-state index contributed by atoms with van der Waals surface area (Å²) in [6.07, 6.45) is 1.04. The SMILES string of the molecule is COC(=O)c1cc(C(O)CNC(C)CCc2ccc3c(c2)OCO3)ccc1OC.Cl. The van der Waals surface area contributed by atoms with Crippen molar-refractivity contribution in [3.05, 3.63) is 53.1 Å². The Kier molecular flexibility index (Phi) is 8.77. The molecule has 0 spiro atoms. The van der Waals surface area contributed by atoms with E-state index in [9.17, 15) is 9.90 Å². The van der Waals surface area contributed by atoms with Crippen LogP contribution in [-0.4, -0.2) is 44.7 Å². The summed E-state index contributed by atoms with van der Waals surface area (Å²) < 4.78 is 20.7. The van der Waals surface area contributed by atoms with E-state index in [-0.39, 0.29) is 25.2 Å². The lowest BCUT2D eigenvalue weighted by Crippen LogP contribution is -2.30. The Morgan fingerprint density at radius 3 is 2.67 bits per heavy atom. The monoisotopic (exact) mass is 437 g/mol. The van der Waals surface area contributed by atoms with E-state index in [0.29, 0.717) is 23.4 Å². The lowest BCUT2D eigenvalue weighted by Gasteiger charge is -2.18. The fraction of sp³-hybridized carbons (Fsp3) is 0.409. The number of fused-ring (bicyclic) bond motifs is 1. The molecule has 2 aromatic carbocycles. The number of carbonyl (C=O) groups is 1. The first-order valence-corrected chi connectivity index (χ1v) is 9.58. The summed E-state index contributed by atoms with van der Waals surface area (Å²) in [6.45, 7) is 2.72. The fourth-order valence-electron chi connectivity index (χ4n) is 3.21. The molecule has 0 saturated carbocycles. The van der Waals surface area contributed by atoms with Gasteiger partial charge in [0, 0.05) is 12.6 Å². The molecule has 0 saturated heterocycles. The second kappa shape index (κ2) is 11.1. The van der Waals surface area contributed by atoms with E-state index in [2.05, 4.69) is 12.2 Å². The van der Waals surface area contributed by atoms with Crippen molar-refractivity contribution in [2.75, 3.05) is 27.6 Å². The van der Waals surface area contributed by atoms with Crippen molar-refractivity contribution in [3.8, 4) is 17.2 Å².